The van der Waals surface area contributed by atoms with Gasteiger partial charge < -0.3 is 14.4 Å². The number of carbonyl (C=O) groups excluding carboxylic acids is 1. The molecular formula is C24H28N4O3. The number of methoxy groups -OCH3 is 1. The van der Waals surface area contributed by atoms with Crippen molar-refractivity contribution >= 4 is 5.91 Å². The van der Waals surface area contributed by atoms with Gasteiger partial charge >= 0.3 is 0 Å². The van der Waals surface area contributed by atoms with Crippen molar-refractivity contribution in [1.82, 2.24) is 19.9 Å². The first-order chi connectivity index (χ1) is 15.0. The van der Waals surface area contributed by atoms with Crippen molar-refractivity contribution in [1.29, 1.82) is 0 Å². The summed E-state index contributed by atoms with van der Waals surface area (Å²) in [5.41, 5.74) is 2.35. The summed E-state index contributed by atoms with van der Waals surface area (Å²) < 4.78 is 11.2. The first kappa shape index (κ1) is 20.9. The zero-order valence-corrected chi connectivity index (χ0v) is 18.2. The smallest absolute Gasteiger partial charge is 0.256 e. The number of benzene rings is 2. The van der Waals surface area contributed by atoms with Crippen molar-refractivity contribution in [2.75, 3.05) is 20.3 Å². The molecule has 1 aliphatic rings. The molecule has 1 fully saturated rings. The van der Waals surface area contributed by atoms with E-state index in [1.165, 1.54) is 4.80 Å². The number of ether oxygens (including phenoxy) is 2. The van der Waals surface area contributed by atoms with E-state index in [0.717, 1.165) is 29.9 Å². The van der Waals surface area contributed by atoms with Crippen LogP contribution in [0.15, 0.2) is 54.9 Å². The summed E-state index contributed by atoms with van der Waals surface area (Å²) in [5.74, 6) is 1.90. The molecule has 0 bridgehead atoms. The largest absolute Gasteiger partial charge is 0.497 e. The van der Waals surface area contributed by atoms with Crippen LogP contribution in [0.5, 0.6) is 11.5 Å². The number of hydrogen-bond donors (Lipinski definition) is 0. The number of carbonyl (C=O) groups is 1. The molecule has 2 aromatic carbocycles. The molecule has 31 heavy (non-hydrogen) atoms. The van der Waals surface area contributed by atoms with E-state index in [-0.39, 0.29) is 17.9 Å². The number of nitrogens with zero attached hydrogens (tertiary/aromatic N) is 4. The number of aromatic nitrogens is 3. The molecule has 2 atom stereocenters. The monoisotopic (exact) mass is 420 g/mol. The molecule has 2 unspecified atom stereocenters. The molecule has 4 rings (SSSR count). The SMILES string of the molecule is COc1ccc(OCC2CCC(C)N(C(=O)c3cc(C)ccc3-n3nccn3)C2)cc1. The molecular weight excluding hydrogens is 392 g/mol. The molecule has 3 aromatic rings. The van der Waals surface area contributed by atoms with Gasteiger partial charge in [-0.15, -0.1) is 0 Å². The molecule has 7 heteroatoms. The zero-order valence-electron chi connectivity index (χ0n) is 18.2. The van der Waals surface area contributed by atoms with Gasteiger partial charge in [-0.2, -0.15) is 15.0 Å². The Morgan fingerprint density at radius 1 is 1.06 bits per heavy atom. The number of likely N-dealkylation sites (tertiary alicyclic amines) is 1. The summed E-state index contributed by atoms with van der Waals surface area (Å²) in [6, 6.07) is 13.6. The summed E-state index contributed by atoms with van der Waals surface area (Å²) in [6.07, 6.45) is 5.21. The average molecular weight is 421 g/mol. The number of piperidine rings is 1. The van der Waals surface area contributed by atoms with Crippen LogP contribution in [-0.2, 0) is 0 Å². The van der Waals surface area contributed by atoms with Crippen molar-refractivity contribution in [3.63, 3.8) is 0 Å². The fraction of sp³-hybridized carbons (Fsp3) is 0.375. The summed E-state index contributed by atoms with van der Waals surface area (Å²) in [4.78, 5) is 17.0. The van der Waals surface area contributed by atoms with E-state index < -0.39 is 0 Å². The fourth-order valence-electron chi connectivity index (χ4n) is 3.98. The van der Waals surface area contributed by atoms with E-state index >= 15 is 0 Å². The van der Waals surface area contributed by atoms with E-state index in [9.17, 15) is 4.79 Å². The predicted molar refractivity (Wildman–Crippen MR) is 118 cm³/mol. The Bertz CT molecular complexity index is 1020. The average Bonchev–Trinajstić information content (AvgIpc) is 3.33. The van der Waals surface area contributed by atoms with Gasteiger partial charge in [-0.25, -0.2) is 0 Å². The molecule has 1 aliphatic heterocycles. The lowest BCUT2D eigenvalue weighted by atomic mass is 9.93. The van der Waals surface area contributed by atoms with Crippen LogP contribution in [0.1, 0.15) is 35.7 Å². The Morgan fingerprint density at radius 2 is 1.77 bits per heavy atom. The molecule has 0 saturated carbocycles. The maximum atomic E-state index is 13.6. The van der Waals surface area contributed by atoms with Gasteiger partial charge in [0.15, 0.2) is 0 Å². The molecule has 1 saturated heterocycles. The molecule has 1 aromatic heterocycles. The van der Waals surface area contributed by atoms with E-state index in [1.54, 1.807) is 19.5 Å². The molecule has 2 heterocycles. The third kappa shape index (κ3) is 4.71. The zero-order chi connectivity index (χ0) is 21.8. The first-order valence-electron chi connectivity index (χ1n) is 10.6. The Morgan fingerprint density at radius 3 is 2.48 bits per heavy atom. The van der Waals surface area contributed by atoms with Gasteiger partial charge in [0.2, 0.25) is 0 Å². The van der Waals surface area contributed by atoms with Crippen LogP contribution >= 0.6 is 0 Å². The lowest BCUT2D eigenvalue weighted by Crippen LogP contribution is -2.47. The molecule has 0 radical (unpaired) electrons. The minimum absolute atomic E-state index is 0.0117. The molecule has 0 spiro atoms. The predicted octanol–water partition coefficient (Wildman–Crippen LogP) is 3.90. The van der Waals surface area contributed by atoms with Crippen molar-refractivity contribution in [3.05, 3.63) is 66.0 Å². The second-order valence-electron chi connectivity index (χ2n) is 8.08. The minimum Gasteiger partial charge on any atom is -0.497 e. The van der Waals surface area contributed by atoms with Crippen LogP contribution in [-0.4, -0.2) is 52.1 Å². The van der Waals surface area contributed by atoms with Crippen molar-refractivity contribution in [2.45, 2.75) is 32.7 Å². The topological polar surface area (TPSA) is 69.5 Å². The second-order valence-corrected chi connectivity index (χ2v) is 8.08. The number of hydrogen-bond acceptors (Lipinski definition) is 5. The number of rotatable bonds is 6. The quantitative estimate of drug-likeness (QED) is 0.605. The van der Waals surface area contributed by atoms with Crippen LogP contribution in [0.25, 0.3) is 5.69 Å². The van der Waals surface area contributed by atoms with Crippen LogP contribution in [0, 0.1) is 12.8 Å². The third-order valence-corrected chi connectivity index (χ3v) is 5.80. The van der Waals surface area contributed by atoms with Crippen molar-refractivity contribution < 1.29 is 14.3 Å². The van der Waals surface area contributed by atoms with Gasteiger partial charge in [0.1, 0.15) is 11.5 Å². The summed E-state index contributed by atoms with van der Waals surface area (Å²) >= 11 is 0. The summed E-state index contributed by atoms with van der Waals surface area (Å²) in [7, 11) is 1.65. The molecule has 162 valence electrons. The Balaban J connectivity index is 1.48. The molecule has 1 amide bonds. The van der Waals surface area contributed by atoms with E-state index in [4.69, 9.17) is 9.47 Å². The van der Waals surface area contributed by atoms with Gasteiger partial charge in [-0.1, -0.05) is 11.6 Å². The van der Waals surface area contributed by atoms with Gasteiger partial charge in [0, 0.05) is 18.5 Å². The van der Waals surface area contributed by atoms with Crippen molar-refractivity contribution in [2.24, 2.45) is 5.92 Å². The van der Waals surface area contributed by atoms with Crippen LogP contribution < -0.4 is 9.47 Å². The maximum Gasteiger partial charge on any atom is 0.256 e. The van der Waals surface area contributed by atoms with E-state index in [0.29, 0.717) is 24.4 Å². The Labute approximate surface area is 182 Å². The second kappa shape index (κ2) is 9.20. The first-order valence-corrected chi connectivity index (χ1v) is 10.6. The van der Waals surface area contributed by atoms with Gasteiger partial charge in [0.05, 0.1) is 37.4 Å². The van der Waals surface area contributed by atoms with E-state index in [1.807, 2.05) is 54.3 Å². The number of amides is 1. The van der Waals surface area contributed by atoms with Crippen molar-refractivity contribution in [3.8, 4) is 17.2 Å². The Kier molecular flexibility index (Phi) is 6.21. The maximum absolute atomic E-state index is 13.6. The van der Waals surface area contributed by atoms with Gasteiger partial charge in [0.25, 0.3) is 5.91 Å². The molecule has 7 nitrogen and oxygen atoms in total. The lowest BCUT2D eigenvalue weighted by molar-refractivity contribution is 0.0505. The number of aryl methyl sites for hydroxylation is 1. The molecule has 0 aliphatic carbocycles. The lowest BCUT2D eigenvalue weighted by Gasteiger charge is -2.38. The fourth-order valence-corrected chi connectivity index (χ4v) is 3.98. The van der Waals surface area contributed by atoms with Gasteiger partial charge in [-0.05, 0) is 63.1 Å². The van der Waals surface area contributed by atoms with Crippen LogP contribution in [0.4, 0.5) is 0 Å². The standard InChI is InChI=1S/C24H28N4O3/c1-17-4-11-23(28-25-12-13-26-28)22(14-17)24(29)27-15-19(6-5-18(27)2)16-31-21-9-7-20(30-3)8-10-21/h4,7-14,18-19H,5-6,15-16H2,1-3H3. The van der Waals surface area contributed by atoms with Crippen LogP contribution in [0.3, 0.4) is 0 Å². The highest BCUT2D eigenvalue weighted by Gasteiger charge is 2.31. The minimum atomic E-state index is 0.0117. The van der Waals surface area contributed by atoms with Crippen LogP contribution in [0.2, 0.25) is 0 Å². The molecule has 0 N–H and O–H groups in total. The summed E-state index contributed by atoms with van der Waals surface area (Å²) in [5, 5.41) is 8.44. The summed E-state index contributed by atoms with van der Waals surface area (Å²) in [6.45, 7) is 5.34. The highest BCUT2D eigenvalue weighted by atomic mass is 16.5. The highest BCUT2D eigenvalue weighted by Crippen LogP contribution is 2.27. The third-order valence-electron chi connectivity index (χ3n) is 5.80. The Hall–Kier alpha value is -3.35. The highest BCUT2D eigenvalue weighted by molar-refractivity contribution is 5.98. The van der Waals surface area contributed by atoms with Gasteiger partial charge in [-0.3, -0.25) is 4.79 Å². The van der Waals surface area contributed by atoms with E-state index in [2.05, 4.69) is 17.1 Å². The normalized spacial score (nSPS) is 18.6.